The van der Waals surface area contributed by atoms with Crippen molar-refractivity contribution in [1.82, 2.24) is 0 Å². The molecular weight excluding hydrogens is 228 g/mol. The van der Waals surface area contributed by atoms with Gasteiger partial charge in [-0.3, -0.25) is 0 Å². The van der Waals surface area contributed by atoms with Crippen molar-refractivity contribution in [2.45, 2.75) is 6.92 Å². The van der Waals surface area contributed by atoms with Crippen LogP contribution in [0.3, 0.4) is 0 Å². The van der Waals surface area contributed by atoms with Gasteiger partial charge in [-0.1, -0.05) is 18.7 Å². The van der Waals surface area contributed by atoms with Gasteiger partial charge >= 0.3 is 5.97 Å². The molecule has 0 saturated heterocycles. The van der Waals surface area contributed by atoms with E-state index >= 15 is 0 Å². The zero-order valence-corrected chi connectivity index (χ0v) is 10.4. The lowest BCUT2D eigenvalue weighted by Gasteiger charge is -2.08. The fourth-order valence-electron chi connectivity index (χ4n) is 1.64. The van der Waals surface area contributed by atoms with Crippen molar-refractivity contribution in [1.29, 1.82) is 0 Å². The zero-order chi connectivity index (χ0) is 13.1. The van der Waals surface area contributed by atoms with Gasteiger partial charge in [-0.05, 0) is 36.6 Å². The fourth-order valence-corrected chi connectivity index (χ4v) is 1.64. The quantitative estimate of drug-likeness (QED) is 0.470. The van der Waals surface area contributed by atoms with Gasteiger partial charge in [0.15, 0.2) is 0 Å². The molecule has 2 rings (SSSR count). The standard InChI is InChI=1S/C15H14O3/c1-10(2)15(16)18-14-6-4-5-11-9-12(17-3)7-8-13(11)14/h4-9H,1H2,2-3H3. The van der Waals surface area contributed by atoms with Gasteiger partial charge in [0.1, 0.15) is 11.5 Å². The van der Waals surface area contributed by atoms with Crippen LogP contribution in [-0.2, 0) is 4.79 Å². The van der Waals surface area contributed by atoms with Crippen molar-refractivity contribution in [3.63, 3.8) is 0 Å². The molecule has 2 aromatic carbocycles. The first kappa shape index (κ1) is 12.2. The SMILES string of the molecule is C=C(C)C(=O)Oc1cccc2cc(OC)ccc12. The van der Waals surface area contributed by atoms with Gasteiger partial charge in [-0.25, -0.2) is 4.79 Å². The second-order valence-corrected chi connectivity index (χ2v) is 4.01. The smallest absolute Gasteiger partial charge is 0.338 e. The van der Waals surface area contributed by atoms with Crippen molar-refractivity contribution < 1.29 is 14.3 Å². The minimum absolute atomic E-state index is 0.375. The summed E-state index contributed by atoms with van der Waals surface area (Å²) in [6.45, 7) is 5.19. The Labute approximate surface area is 106 Å². The Morgan fingerprint density at radius 2 is 2.00 bits per heavy atom. The molecule has 0 heterocycles. The maximum atomic E-state index is 11.5. The molecule has 0 aromatic heterocycles. The summed E-state index contributed by atoms with van der Waals surface area (Å²) < 4.78 is 10.4. The lowest BCUT2D eigenvalue weighted by molar-refractivity contribution is -0.129. The highest BCUT2D eigenvalue weighted by molar-refractivity contribution is 5.94. The molecule has 0 radical (unpaired) electrons. The van der Waals surface area contributed by atoms with Gasteiger partial charge in [-0.2, -0.15) is 0 Å². The Kier molecular flexibility index (Phi) is 3.33. The van der Waals surface area contributed by atoms with Crippen LogP contribution in [0.25, 0.3) is 10.8 Å². The summed E-state index contributed by atoms with van der Waals surface area (Å²) >= 11 is 0. The molecule has 0 bridgehead atoms. The summed E-state index contributed by atoms with van der Waals surface area (Å²) in [5.41, 5.74) is 0.375. The van der Waals surface area contributed by atoms with Crippen LogP contribution in [0.15, 0.2) is 48.6 Å². The van der Waals surface area contributed by atoms with E-state index in [0.717, 1.165) is 16.5 Å². The van der Waals surface area contributed by atoms with Gasteiger partial charge in [0.05, 0.1) is 7.11 Å². The van der Waals surface area contributed by atoms with Crippen molar-refractivity contribution >= 4 is 16.7 Å². The number of benzene rings is 2. The molecule has 0 unspecified atom stereocenters. The molecule has 0 aliphatic carbocycles. The molecule has 0 N–H and O–H groups in total. The first-order valence-corrected chi connectivity index (χ1v) is 5.56. The molecule has 0 atom stereocenters. The van der Waals surface area contributed by atoms with Gasteiger partial charge < -0.3 is 9.47 Å². The van der Waals surface area contributed by atoms with E-state index in [9.17, 15) is 4.79 Å². The maximum absolute atomic E-state index is 11.5. The Balaban J connectivity index is 2.45. The molecule has 92 valence electrons. The molecule has 0 aliphatic heterocycles. The van der Waals surface area contributed by atoms with Crippen LogP contribution in [0.1, 0.15) is 6.92 Å². The monoisotopic (exact) mass is 242 g/mol. The van der Waals surface area contributed by atoms with Gasteiger partial charge in [0.25, 0.3) is 0 Å². The summed E-state index contributed by atoms with van der Waals surface area (Å²) in [6, 6.07) is 11.1. The van der Waals surface area contributed by atoms with Gasteiger partial charge in [-0.15, -0.1) is 0 Å². The summed E-state index contributed by atoms with van der Waals surface area (Å²) in [6.07, 6.45) is 0. The number of hydrogen-bond acceptors (Lipinski definition) is 3. The third kappa shape index (κ3) is 2.35. The van der Waals surface area contributed by atoms with Crippen molar-refractivity contribution in [3.8, 4) is 11.5 Å². The topological polar surface area (TPSA) is 35.5 Å². The first-order valence-electron chi connectivity index (χ1n) is 5.56. The molecular formula is C15H14O3. The third-order valence-electron chi connectivity index (χ3n) is 2.60. The van der Waals surface area contributed by atoms with Crippen LogP contribution < -0.4 is 9.47 Å². The lowest BCUT2D eigenvalue weighted by Crippen LogP contribution is -2.08. The number of carbonyl (C=O) groups excluding carboxylic acids is 1. The number of ether oxygens (including phenoxy) is 2. The normalized spacial score (nSPS) is 10.1. The van der Waals surface area contributed by atoms with Crippen LogP contribution in [0.5, 0.6) is 11.5 Å². The average molecular weight is 242 g/mol. The third-order valence-corrected chi connectivity index (χ3v) is 2.60. The molecule has 0 aliphatic rings. The van der Waals surface area contributed by atoms with E-state index in [1.807, 2.05) is 30.3 Å². The second-order valence-electron chi connectivity index (χ2n) is 4.01. The summed E-state index contributed by atoms with van der Waals surface area (Å²) in [5.74, 6) is 0.882. The summed E-state index contributed by atoms with van der Waals surface area (Å²) in [7, 11) is 1.62. The van der Waals surface area contributed by atoms with Crippen LogP contribution >= 0.6 is 0 Å². The van der Waals surface area contributed by atoms with Crippen molar-refractivity contribution in [3.05, 3.63) is 48.6 Å². The molecule has 0 spiro atoms. The highest BCUT2D eigenvalue weighted by Gasteiger charge is 2.08. The number of fused-ring (bicyclic) bond motifs is 1. The predicted molar refractivity (Wildman–Crippen MR) is 70.9 cm³/mol. The minimum Gasteiger partial charge on any atom is -0.497 e. The van der Waals surface area contributed by atoms with Crippen LogP contribution in [0.4, 0.5) is 0 Å². The van der Waals surface area contributed by atoms with Crippen LogP contribution in [0, 0.1) is 0 Å². The Bertz CT molecular complexity index is 614. The minimum atomic E-state index is -0.418. The predicted octanol–water partition coefficient (Wildman–Crippen LogP) is 3.33. The molecule has 18 heavy (non-hydrogen) atoms. The largest absolute Gasteiger partial charge is 0.497 e. The second kappa shape index (κ2) is 4.92. The zero-order valence-electron chi connectivity index (χ0n) is 10.4. The van der Waals surface area contributed by atoms with E-state index in [1.54, 1.807) is 20.1 Å². The first-order chi connectivity index (χ1) is 8.61. The number of methoxy groups -OCH3 is 1. The Morgan fingerprint density at radius 3 is 2.67 bits per heavy atom. The van der Waals surface area contributed by atoms with E-state index in [1.165, 1.54) is 0 Å². The fraction of sp³-hybridized carbons (Fsp3) is 0.133. The van der Waals surface area contributed by atoms with Gasteiger partial charge in [0.2, 0.25) is 0 Å². The van der Waals surface area contributed by atoms with Crippen molar-refractivity contribution in [2.75, 3.05) is 7.11 Å². The van der Waals surface area contributed by atoms with Gasteiger partial charge in [0, 0.05) is 11.0 Å². The lowest BCUT2D eigenvalue weighted by atomic mass is 10.1. The van der Waals surface area contributed by atoms with E-state index in [0.29, 0.717) is 11.3 Å². The number of carbonyl (C=O) groups is 1. The molecule has 3 nitrogen and oxygen atoms in total. The summed E-state index contributed by atoms with van der Waals surface area (Å²) in [5, 5.41) is 1.83. The van der Waals surface area contributed by atoms with E-state index in [4.69, 9.17) is 9.47 Å². The average Bonchev–Trinajstić information content (AvgIpc) is 2.38. The molecule has 2 aromatic rings. The van der Waals surface area contributed by atoms with E-state index in [2.05, 4.69) is 6.58 Å². The summed E-state index contributed by atoms with van der Waals surface area (Å²) in [4.78, 5) is 11.5. The Morgan fingerprint density at radius 1 is 1.22 bits per heavy atom. The van der Waals surface area contributed by atoms with Crippen molar-refractivity contribution in [2.24, 2.45) is 0 Å². The number of hydrogen-bond donors (Lipinski definition) is 0. The molecule has 0 fully saturated rings. The number of rotatable bonds is 3. The van der Waals surface area contributed by atoms with E-state index < -0.39 is 5.97 Å². The maximum Gasteiger partial charge on any atom is 0.338 e. The molecule has 0 amide bonds. The van der Waals surface area contributed by atoms with Crippen LogP contribution in [-0.4, -0.2) is 13.1 Å². The highest BCUT2D eigenvalue weighted by Crippen LogP contribution is 2.29. The number of esters is 1. The van der Waals surface area contributed by atoms with E-state index in [-0.39, 0.29) is 0 Å². The molecule has 3 heteroatoms. The molecule has 0 saturated carbocycles. The van der Waals surface area contributed by atoms with Crippen LogP contribution in [0.2, 0.25) is 0 Å². The Hall–Kier alpha value is -2.29. The highest BCUT2D eigenvalue weighted by atomic mass is 16.5.